The number of methoxy groups -OCH3 is 4. The largest absolute Gasteiger partial charge is 0.496 e. The molecule has 144 valence electrons. The Hall–Kier alpha value is -3.49. The van der Waals surface area contributed by atoms with Crippen LogP contribution in [0.25, 0.3) is 0 Å². The average molecular weight is 377 g/mol. The Labute approximate surface area is 155 Å². The molecule has 0 aliphatic rings. The van der Waals surface area contributed by atoms with Gasteiger partial charge < -0.3 is 23.7 Å². The smallest absolute Gasteiger partial charge is 0.342 e. The number of benzene rings is 2. The third-order valence-corrected chi connectivity index (χ3v) is 3.76. The molecule has 0 saturated carbocycles. The lowest BCUT2D eigenvalue weighted by molar-refractivity contribution is -0.385. The summed E-state index contributed by atoms with van der Waals surface area (Å²) in [5.41, 5.74) is 0.351. The molecule has 0 aliphatic carbocycles. The molecule has 0 N–H and O–H groups in total. The molecule has 2 aromatic rings. The number of hydrogen-bond acceptors (Lipinski definition) is 8. The van der Waals surface area contributed by atoms with Gasteiger partial charge in [0.25, 0.3) is 5.69 Å². The molecule has 2 aromatic carbocycles. The Morgan fingerprint density at radius 1 is 0.926 bits per heavy atom. The first kappa shape index (κ1) is 19.8. The molecule has 9 nitrogen and oxygen atoms in total. The van der Waals surface area contributed by atoms with Crippen molar-refractivity contribution >= 4 is 11.7 Å². The van der Waals surface area contributed by atoms with Crippen molar-refractivity contribution in [1.82, 2.24) is 0 Å². The zero-order valence-corrected chi connectivity index (χ0v) is 15.3. The standard InChI is InChI=1S/C18H19NO8/c1-23-14-7-5-12(19(21)22)9-11(14)10-27-18(20)13-6-8-15(24-2)17(26-4)16(13)25-3/h5-9H,10H2,1-4H3. The van der Waals surface area contributed by atoms with Gasteiger partial charge >= 0.3 is 5.97 Å². The van der Waals surface area contributed by atoms with E-state index in [0.717, 1.165) is 0 Å². The van der Waals surface area contributed by atoms with Gasteiger partial charge in [-0.05, 0) is 18.2 Å². The summed E-state index contributed by atoms with van der Waals surface area (Å²) in [6, 6.07) is 7.07. The maximum Gasteiger partial charge on any atom is 0.342 e. The molecule has 0 radical (unpaired) electrons. The van der Waals surface area contributed by atoms with Crippen LogP contribution in [-0.4, -0.2) is 39.3 Å². The highest BCUT2D eigenvalue weighted by Gasteiger charge is 2.22. The molecule has 0 aromatic heterocycles. The van der Waals surface area contributed by atoms with Crippen molar-refractivity contribution in [1.29, 1.82) is 0 Å². The first-order chi connectivity index (χ1) is 13.0. The minimum absolute atomic E-state index is 0.125. The topological polar surface area (TPSA) is 106 Å². The number of nitrogens with zero attached hydrogens (tertiary/aromatic N) is 1. The third kappa shape index (κ3) is 4.20. The lowest BCUT2D eigenvalue weighted by Gasteiger charge is -2.15. The number of carbonyl (C=O) groups is 1. The van der Waals surface area contributed by atoms with Crippen LogP contribution in [0.1, 0.15) is 15.9 Å². The molecule has 0 aliphatic heterocycles. The normalized spacial score (nSPS) is 10.1. The summed E-state index contributed by atoms with van der Waals surface area (Å²) in [7, 11) is 5.69. The maximum atomic E-state index is 12.5. The van der Waals surface area contributed by atoms with Crippen LogP contribution >= 0.6 is 0 Å². The van der Waals surface area contributed by atoms with Crippen LogP contribution in [0.3, 0.4) is 0 Å². The lowest BCUT2D eigenvalue weighted by Crippen LogP contribution is -2.09. The van der Waals surface area contributed by atoms with Crippen LogP contribution in [-0.2, 0) is 11.3 Å². The summed E-state index contributed by atoms with van der Waals surface area (Å²) in [5.74, 6) is 0.482. The van der Waals surface area contributed by atoms with Gasteiger partial charge in [0.05, 0.1) is 33.4 Å². The van der Waals surface area contributed by atoms with Crippen LogP contribution in [0.2, 0.25) is 0 Å². The molecule has 0 spiro atoms. The first-order valence-electron chi connectivity index (χ1n) is 7.74. The van der Waals surface area contributed by atoms with Gasteiger partial charge in [-0.15, -0.1) is 0 Å². The zero-order chi connectivity index (χ0) is 20.0. The van der Waals surface area contributed by atoms with Crippen molar-refractivity contribution < 1.29 is 33.4 Å². The molecule has 0 amide bonds. The van der Waals surface area contributed by atoms with Crippen molar-refractivity contribution in [3.05, 3.63) is 51.6 Å². The van der Waals surface area contributed by atoms with Crippen molar-refractivity contribution in [2.45, 2.75) is 6.61 Å². The molecular formula is C18H19NO8. The number of esters is 1. The molecule has 2 rings (SSSR count). The second-order valence-corrected chi connectivity index (χ2v) is 5.21. The van der Waals surface area contributed by atoms with E-state index < -0.39 is 10.9 Å². The SMILES string of the molecule is COc1ccc([N+](=O)[O-])cc1COC(=O)c1ccc(OC)c(OC)c1OC. The van der Waals surface area contributed by atoms with Crippen LogP contribution < -0.4 is 18.9 Å². The first-order valence-corrected chi connectivity index (χ1v) is 7.74. The number of nitro groups is 1. The molecule has 0 bridgehead atoms. The molecule has 0 heterocycles. The second kappa shape index (κ2) is 8.75. The molecule has 0 atom stereocenters. The Kier molecular flexibility index (Phi) is 6.42. The molecule has 0 fully saturated rings. The van der Waals surface area contributed by atoms with E-state index in [1.807, 2.05) is 0 Å². The number of ether oxygens (including phenoxy) is 5. The van der Waals surface area contributed by atoms with Gasteiger partial charge in [0.1, 0.15) is 17.9 Å². The Morgan fingerprint density at radius 3 is 2.11 bits per heavy atom. The number of non-ortho nitro benzene ring substituents is 1. The predicted octanol–water partition coefficient (Wildman–Crippen LogP) is 2.99. The summed E-state index contributed by atoms with van der Waals surface area (Å²) < 4.78 is 26.1. The van der Waals surface area contributed by atoms with E-state index in [4.69, 9.17) is 23.7 Å². The van der Waals surface area contributed by atoms with Crippen LogP contribution in [0.4, 0.5) is 5.69 Å². The summed E-state index contributed by atoms with van der Waals surface area (Å²) in [6.45, 7) is -0.221. The van der Waals surface area contributed by atoms with E-state index in [9.17, 15) is 14.9 Å². The number of rotatable bonds is 8. The van der Waals surface area contributed by atoms with E-state index in [0.29, 0.717) is 17.1 Å². The fraction of sp³-hybridized carbons (Fsp3) is 0.278. The van der Waals surface area contributed by atoms with Gasteiger partial charge in [0.2, 0.25) is 5.75 Å². The summed E-state index contributed by atoms with van der Waals surface area (Å²) in [6.07, 6.45) is 0. The van der Waals surface area contributed by atoms with Crippen molar-refractivity contribution in [3.63, 3.8) is 0 Å². The summed E-state index contributed by atoms with van der Waals surface area (Å²) in [4.78, 5) is 22.9. The number of nitro benzene ring substituents is 1. The highest BCUT2D eigenvalue weighted by molar-refractivity contribution is 5.94. The van der Waals surface area contributed by atoms with Gasteiger partial charge in [0, 0.05) is 17.7 Å². The van der Waals surface area contributed by atoms with E-state index >= 15 is 0 Å². The maximum absolute atomic E-state index is 12.5. The van der Waals surface area contributed by atoms with Gasteiger partial charge in [0.15, 0.2) is 11.5 Å². The fourth-order valence-corrected chi connectivity index (χ4v) is 2.47. The minimum atomic E-state index is -0.693. The fourth-order valence-electron chi connectivity index (χ4n) is 2.47. The van der Waals surface area contributed by atoms with Crippen LogP contribution in [0.5, 0.6) is 23.0 Å². The second-order valence-electron chi connectivity index (χ2n) is 5.21. The van der Waals surface area contributed by atoms with E-state index in [1.54, 1.807) is 6.07 Å². The molecule has 0 saturated heterocycles. The number of carbonyl (C=O) groups excluding carboxylic acids is 1. The van der Waals surface area contributed by atoms with Gasteiger partial charge in [-0.3, -0.25) is 10.1 Å². The molecular weight excluding hydrogens is 358 g/mol. The van der Waals surface area contributed by atoms with Crippen molar-refractivity contribution in [2.24, 2.45) is 0 Å². The molecule has 0 unspecified atom stereocenters. The number of hydrogen-bond donors (Lipinski definition) is 0. The summed E-state index contributed by atoms with van der Waals surface area (Å²) in [5, 5.41) is 10.9. The molecule has 27 heavy (non-hydrogen) atoms. The predicted molar refractivity (Wildman–Crippen MR) is 94.9 cm³/mol. The van der Waals surface area contributed by atoms with Gasteiger partial charge in [-0.25, -0.2) is 4.79 Å². The zero-order valence-electron chi connectivity index (χ0n) is 15.3. The average Bonchev–Trinajstić information content (AvgIpc) is 2.70. The minimum Gasteiger partial charge on any atom is -0.496 e. The van der Waals surface area contributed by atoms with Crippen molar-refractivity contribution in [3.8, 4) is 23.0 Å². The van der Waals surface area contributed by atoms with E-state index in [1.165, 1.54) is 52.7 Å². The Bertz CT molecular complexity index is 849. The van der Waals surface area contributed by atoms with Gasteiger partial charge in [-0.1, -0.05) is 0 Å². The van der Waals surface area contributed by atoms with Crippen LogP contribution in [0.15, 0.2) is 30.3 Å². The highest BCUT2D eigenvalue weighted by atomic mass is 16.6. The van der Waals surface area contributed by atoms with Gasteiger partial charge in [-0.2, -0.15) is 0 Å². The van der Waals surface area contributed by atoms with E-state index in [2.05, 4.69) is 0 Å². The van der Waals surface area contributed by atoms with Crippen LogP contribution in [0, 0.1) is 10.1 Å². The quantitative estimate of drug-likeness (QED) is 0.393. The monoisotopic (exact) mass is 377 g/mol. The molecule has 9 heteroatoms. The Balaban J connectivity index is 2.29. The van der Waals surface area contributed by atoms with E-state index in [-0.39, 0.29) is 29.4 Å². The summed E-state index contributed by atoms with van der Waals surface area (Å²) >= 11 is 0. The lowest BCUT2D eigenvalue weighted by atomic mass is 10.1. The third-order valence-electron chi connectivity index (χ3n) is 3.76. The van der Waals surface area contributed by atoms with Crippen molar-refractivity contribution in [2.75, 3.05) is 28.4 Å². The Morgan fingerprint density at radius 2 is 1.56 bits per heavy atom. The highest BCUT2D eigenvalue weighted by Crippen LogP contribution is 2.40.